The molecule has 1 aromatic heterocycles. The third-order valence-electron chi connectivity index (χ3n) is 2.95. The summed E-state index contributed by atoms with van der Waals surface area (Å²) < 4.78 is 5.64. The normalized spacial score (nSPS) is 18.3. The second-order valence-corrected chi connectivity index (χ2v) is 4.19. The van der Waals surface area contributed by atoms with Crippen LogP contribution in [0.2, 0.25) is 0 Å². The van der Waals surface area contributed by atoms with Gasteiger partial charge in [0.15, 0.2) is 0 Å². The van der Waals surface area contributed by atoms with Crippen molar-refractivity contribution in [2.75, 3.05) is 6.61 Å². The SMILES string of the molecule is N[C@@H]1COc2cccc(-c3ccnnc3)c2C1. The summed E-state index contributed by atoms with van der Waals surface area (Å²) in [7, 11) is 0. The van der Waals surface area contributed by atoms with E-state index in [4.69, 9.17) is 10.5 Å². The summed E-state index contributed by atoms with van der Waals surface area (Å²) in [5.74, 6) is 0.931. The van der Waals surface area contributed by atoms with Crippen LogP contribution in [0.3, 0.4) is 0 Å². The summed E-state index contributed by atoms with van der Waals surface area (Å²) in [5.41, 5.74) is 9.29. The van der Waals surface area contributed by atoms with Crippen LogP contribution in [0.4, 0.5) is 0 Å². The summed E-state index contributed by atoms with van der Waals surface area (Å²) in [6.45, 7) is 0.588. The van der Waals surface area contributed by atoms with Crippen LogP contribution in [0.5, 0.6) is 5.75 Å². The number of nitrogens with zero attached hydrogens (tertiary/aromatic N) is 2. The van der Waals surface area contributed by atoms with E-state index in [1.807, 2.05) is 18.2 Å². The molecule has 2 heterocycles. The van der Waals surface area contributed by atoms with Gasteiger partial charge >= 0.3 is 0 Å². The predicted octanol–water partition coefficient (Wildman–Crippen LogP) is 1.41. The van der Waals surface area contributed by atoms with Crippen LogP contribution in [0.1, 0.15) is 5.56 Å². The van der Waals surface area contributed by atoms with Gasteiger partial charge in [-0.25, -0.2) is 0 Å². The largest absolute Gasteiger partial charge is 0.492 e. The number of hydrogen-bond acceptors (Lipinski definition) is 4. The standard InChI is InChI=1S/C13H13N3O/c14-10-6-12-11(9-4-5-15-16-7-9)2-1-3-13(12)17-8-10/h1-5,7,10H,6,8,14H2/t10-/m0/s1. The minimum Gasteiger partial charge on any atom is -0.492 e. The monoisotopic (exact) mass is 227 g/mol. The Morgan fingerprint density at radius 1 is 1.24 bits per heavy atom. The molecule has 17 heavy (non-hydrogen) atoms. The number of aromatic nitrogens is 2. The van der Waals surface area contributed by atoms with E-state index < -0.39 is 0 Å². The highest BCUT2D eigenvalue weighted by Gasteiger charge is 2.19. The second kappa shape index (κ2) is 4.14. The molecule has 1 aliphatic heterocycles. The molecule has 2 aromatic rings. The van der Waals surface area contributed by atoms with Crippen molar-refractivity contribution in [3.05, 3.63) is 42.2 Å². The van der Waals surface area contributed by atoms with Gasteiger partial charge in [0.1, 0.15) is 12.4 Å². The summed E-state index contributed by atoms with van der Waals surface area (Å²) >= 11 is 0. The quantitative estimate of drug-likeness (QED) is 0.800. The molecule has 0 unspecified atom stereocenters. The average molecular weight is 227 g/mol. The van der Waals surface area contributed by atoms with Gasteiger partial charge in [0, 0.05) is 17.2 Å². The fourth-order valence-electron chi connectivity index (χ4n) is 2.15. The third kappa shape index (κ3) is 1.87. The Labute approximate surface area is 99.4 Å². The minimum absolute atomic E-state index is 0.0680. The minimum atomic E-state index is 0.0680. The third-order valence-corrected chi connectivity index (χ3v) is 2.95. The van der Waals surface area contributed by atoms with Crippen molar-refractivity contribution in [2.24, 2.45) is 5.73 Å². The number of benzene rings is 1. The number of hydrogen-bond donors (Lipinski definition) is 1. The van der Waals surface area contributed by atoms with Gasteiger partial charge in [-0.05, 0) is 24.1 Å². The molecule has 86 valence electrons. The zero-order chi connectivity index (χ0) is 11.7. The molecule has 0 spiro atoms. The molecular weight excluding hydrogens is 214 g/mol. The van der Waals surface area contributed by atoms with E-state index >= 15 is 0 Å². The summed E-state index contributed by atoms with van der Waals surface area (Å²) in [6.07, 6.45) is 4.29. The Kier molecular flexibility index (Phi) is 2.49. The van der Waals surface area contributed by atoms with Crippen LogP contribution in [0.25, 0.3) is 11.1 Å². The molecule has 0 saturated carbocycles. The van der Waals surface area contributed by atoms with Gasteiger partial charge in [-0.2, -0.15) is 10.2 Å². The summed E-state index contributed by atoms with van der Waals surface area (Å²) in [5, 5.41) is 7.70. The first-order chi connectivity index (χ1) is 8.34. The number of nitrogens with two attached hydrogens (primary N) is 1. The van der Waals surface area contributed by atoms with Crippen molar-refractivity contribution in [3.8, 4) is 16.9 Å². The van der Waals surface area contributed by atoms with E-state index in [1.54, 1.807) is 12.4 Å². The molecule has 4 nitrogen and oxygen atoms in total. The molecule has 1 aromatic carbocycles. The first-order valence-corrected chi connectivity index (χ1v) is 5.62. The Morgan fingerprint density at radius 2 is 2.18 bits per heavy atom. The Morgan fingerprint density at radius 3 is 3.00 bits per heavy atom. The highest BCUT2D eigenvalue weighted by Crippen LogP contribution is 2.33. The van der Waals surface area contributed by atoms with E-state index in [-0.39, 0.29) is 6.04 Å². The number of fused-ring (bicyclic) bond motifs is 1. The van der Waals surface area contributed by atoms with Crippen LogP contribution in [-0.4, -0.2) is 22.8 Å². The first kappa shape index (κ1) is 10.2. The van der Waals surface area contributed by atoms with Gasteiger partial charge in [0.2, 0.25) is 0 Å². The van der Waals surface area contributed by atoms with Crippen LogP contribution < -0.4 is 10.5 Å². The van der Waals surface area contributed by atoms with Crippen LogP contribution >= 0.6 is 0 Å². The average Bonchev–Trinajstić information content (AvgIpc) is 2.39. The van der Waals surface area contributed by atoms with Crippen molar-refractivity contribution in [1.29, 1.82) is 0 Å². The molecule has 0 saturated heterocycles. The van der Waals surface area contributed by atoms with Crippen molar-refractivity contribution >= 4 is 0 Å². The highest BCUT2D eigenvalue weighted by atomic mass is 16.5. The van der Waals surface area contributed by atoms with Crippen molar-refractivity contribution in [1.82, 2.24) is 10.2 Å². The molecule has 1 aliphatic rings. The Bertz CT molecular complexity index is 527. The molecule has 0 aliphatic carbocycles. The maximum absolute atomic E-state index is 5.94. The molecule has 1 atom stereocenters. The van der Waals surface area contributed by atoms with E-state index in [1.165, 1.54) is 5.56 Å². The number of ether oxygens (including phenoxy) is 1. The van der Waals surface area contributed by atoms with Gasteiger partial charge in [0.25, 0.3) is 0 Å². The maximum Gasteiger partial charge on any atom is 0.123 e. The Balaban J connectivity index is 2.12. The second-order valence-electron chi connectivity index (χ2n) is 4.19. The zero-order valence-electron chi connectivity index (χ0n) is 9.34. The van der Waals surface area contributed by atoms with Gasteiger partial charge in [-0.1, -0.05) is 12.1 Å². The van der Waals surface area contributed by atoms with Crippen molar-refractivity contribution in [2.45, 2.75) is 12.5 Å². The van der Waals surface area contributed by atoms with Gasteiger partial charge in [0.05, 0.1) is 12.4 Å². The fourth-order valence-corrected chi connectivity index (χ4v) is 2.15. The fraction of sp³-hybridized carbons (Fsp3) is 0.231. The number of rotatable bonds is 1. The molecule has 4 heteroatoms. The lowest BCUT2D eigenvalue weighted by Gasteiger charge is -2.24. The smallest absolute Gasteiger partial charge is 0.123 e. The van der Waals surface area contributed by atoms with E-state index in [2.05, 4.69) is 16.3 Å². The lowest BCUT2D eigenvalue weighted by molar-refractivity contribution is 0.264. The summed E-state index contributed by atoms with van der Waals surface area (Å²) in [6, 6.07) is 8.06. The lowest BCUT2D eigenvalue weighted by Crippen LogP contribution is -2.34. The molecule has 0 radical (unpaired) electrons. The van der Waals surface area contributed by atoms with E-state index in [0.29, 0.717) is 6.61 Å². The Hall–Kier alpha value is -1.94. The maximum atomic E-state index is 5.94. The molecule has 0 amide bonds. The van der Waals surface area contributed by atoms with Crippen LogP contribution in [0.15, 0.2) is 36.7 Å². The van der Waals surface area contributed by atoms with E-state index in [0.717, 1.165) is 23.3 Å². The van der Waals surface area contributed by atoms with Crippen LogP contribution in [-0.2, 0) is 6.42 Å². The predicted molar refractivity (Wildman–Crippen MR) is 64.6 cm³/mol. The first-order valence-electron chi connectivity index (χ1n) is 5.62. The van der Waals surface area contributed by atoms with Gasteiger partial charge in [-0.15, -0.1) is 0 Å². The lowest BCUT2D eigenvalue weighted by atomic mass is 9.94. The molecular formula is C13H13N3O. The zero-order valence-corrected chi connectivity index (χ0v) is 9.34. The molecule has 0 bridgehead atoms. The molecule has 0 fully saturated rings. The van der Waals surface area contributed by atoms with Crippen LogP contribution in [0, 0.1) is 0 Å². The van der Waals surface area contributed by atoms with Gasteiger partial charge < -0.3 is 10.5 Å². The van der Waals surface area contributed by atoms with Crippen molar-refractivity contribution in [3.63, 3.8) is 0 Å². The molecule has 2 N–H and O–H groups in total. The van der Waals surface area contributed by atoms with E-state index in [9.17, 15) is 0 Å². The highest BCUT2D eigenvalue weighted by molar-refractivity contribution is 5.69. The van der Waals surface area contributed by atoms with Crippen molar-refractivity contribution < 1.29 is 4.74 Å². The topological polar surface area (TPSA) is 61.0 Å². The van der Waals surface area contributed by atoms with Gasteiger partial charge in [-0.3, -0.25) is 0 Å². The molecule has 3 rings (SSSR count). The summed E-state index contributed by atoms with van der Waals surface area (Å²) in [4.78, 5) is 0.